The first kappa shape index (κ1) is 23.4. The summed E-state index contributed by atoms with van der Waals surface area (Å²) >= 11 is 0. The Morgan fingerprint density at radius 3 is 2.44 bits per heavy atom. The summed E-state index contributed by atoms with van der Waals surface area (Å²) < 4.78 is 31.6. The monoisotopic (exact) mass is 459 g/mol. The van der Waals surface area contributed by atoms with Crippen LogP contribution in [0.4, 0.5) is 10.5 Å². The second-order valence-corrected chi connectivity index (χ2v) is 9.40. The van der Waals surface area contributed by atoms with Crippen LogP contribution in [0.2, 0.25) is 0 Å². The number of amides is 3. The van der Waals surface area contributed by atoms with Crippen LogP contribution in [0, 0.1) is 13.8 Å². The third-order valence-corrected chi connectivity index (χ3v) is 7.11. The van der Waals surface area contributed by atoms with Crippen molar-refractivity contribution < 1.29 is 27.5 Å². The quantitative estimate of drug-likeness (QED) is 0.641. The zero-order chi connectivity index (χ0) is 23.3. The molecule has 1 saturated heterocycles. The van der Waals surface area contributed by atoms with Gasteiger partial charge in [-0.15, -0.1) is 0 Å². The van der Waals surface area contributed by atoms with Gasteiger partial charge < -0.3 is 10.1 Å². The number of rotatable bonds is 6. The number of benzene rings is 2. The Balaban J connectivity index is 1.55. The summed E-state index contributed by atoms with van der Waals surface area (Å²) in [5, 5.41) is 4.66. The highest BCUT2D eigenvalue weighted by atomic mass is 32.2. The predicted octanol–water partition coefficient (Wildman–Crippen LogP) is 2.59. The van der Waals surface area contributed by atoms with Crippen LogP contribution >= 0.6 is 0 Å². The van der Waals surface area contributed by atoms with E-state index in [1.54, 1.807) is 12.1 Å². The lowest BCUT2D eigenvalue weighted by Gasteiger charge is -2.15. The molecular weight excluding hydrogens is 434 g/mol. The molecule has 2 aromatic carbocycles. The molecule has 32 heavy (non-hydrogen) atoms. The van der Waals surface area contributed by atoms with Gasteiger partial charge >= 0.3 is 12.0 Å². The fraction of sp³-hybridized carbons (Fsp3) is 0.318. The van der Waals surface area contributed by atoms with Gasteiger partial charge in [-0.2, -0.15) is 4.31 Å². The summed E-state index contributed by atoms with van der Waals surface area (Å²) in [6, 6.07) is 10.1. The molecule has 1 aliphatic heterocycles. The van der Waals surface area contributed by atoms with Gasteiger partial charge in [0.05, 0.1) is 10.5 Å². The van der Waals surface area contributed by atoms with Crippen LogP contribution in [-0.4, -0.2) is 50.3 Å². The number of sulfonamides is 1. The van der Waals surface area contributed by atoms with Crippen molar-refractivity contribution in [3.63, 3.8) is 0 Å². The summed E-state index contributed by atoms with van der Waals surface area (Å²) in [7, 11) is -3.68. The third-order valence-electron chi connectivity index (χ3n) is 5.21. The number of urea groups is 1. The summed E-state index contributed by atoms with van der Waals surface area (Å²) in [4.78, 5) is 36.3. The molecule has 0 spiro atoms. The summed E-state index contributed by atoms with van der Waals surface area (Å²) in [6.45, 7) is 3.94. The molecule has 0 aliphatic carbocycles. The molecule has 0 bridgehead atoms. The molecule has 0 aromatic heterocycles. The molecule has 1 aliphatic rings. The summed E-state index contributed by atoms with van der Waals surface area (Å²) in [5.41, 5.74) is 2.41. The van der Waals surface area contributed by atoms with Crippen molar-refractivity contribution in [2.75, 3.05) is 25.0 Å². The van der Waals surface area contributed by atoms with Crippen LogP contribution in [0.25, 0.3) is 0 Å². The molecule has 1 heterocycles. The number of aryl methyl sites for hydroxylation is 1. The van der Waals surface area contributed by atoms with Crippen LogP contribution in [0.3, 0.4) is 0 Å². The molecule has 0 unspecified atom stereocenters. The standard InChI is InChI=1S/C22H25N3O6S/c1-15-7-5-10-19(16(15)2)23-22(28)24-20(26)14-31-21(27)17-8-6-9-18(13-17)32(29,30)25-11-3-4-12-25/h5-10,13H,3-4,11-12,14H2,1-2H3,(H2,23,24,26,28). The molecule has 10 heteroatoms. The molecule has 2 aromatic rings. The number of hydrogen-bond donors (Lipinski definition) is 2. The lowest BCUT2D eigenvalue weighted by Crippen LogP contribution is -2.37. The Labute approximate surface area is 186 Å². The average Bonchev–Trinajstić information content (AvgIpc) is 3.31. The molecule has 0 radical (unpaired) electrons. The molecular formula is C22H25N3O6S. The predicted molar refractivity (Wildman–Crippen MR) is 118 cm³/mol. The van der Waals surface area contributed by atoms with Crippen molar-refractivity contribution in [2.24, 2.45) is 0 Å². The van der Waals surface area contributed by atoms with Crippen molar-refractivity contribution in [3.8, 4) is 0 Å². The van der Waals surface area contributed by atoms with Gasteiger partial charge in [0.15, 0.2) is 6.61 Å². The lowest BCUT2D eigenvalue weighted by atomic mass is 10.1. The summed E-state index contributed by atoms with van der Waals surface area (Å²) in [6.07, 6.45) is 1.60. The molecule has 9 nitrogen and oxygen atoms in total. The van der Waals surface area contributed by atoms with Gasteiger partial charge in [-0.3, -0.25) is 10.1 Å². The van der Waals surface area contributed by atoms with E-state index >= 15 is 0 Å². The Morgan fingerprint density at radius 2 is 1.72 bits per heavy atom. The zero-order valence-electron chi connectivity index (χ0n) is 17.9. The third kappa shape index (κ3) is 5.51. The van der Waals surface area contributed by atoms with Crippen molar-refractivity contribution in [3.05, 3.63) is 59.2 Å². The number of anilines is 1. The van der Waals surface area contributed by atoms with Crippen LogP contribution in [0.1, 0.15) is 34.3 Å². The zero-order valence-corrected chi connectivity index (χ0v) is 18.7. The first-order chi connectivity index (χ1) is 15.2. The van der Waals surface area contributed by atoms with E-state index in [2.05, 4.69) is 10.6 Å². The normalized spacial score (nSPS) is 14.1. The molecule has 3 amide bonds. The number of esters is 1. The largest absolute Gasteiger partial charge is 0.452 e. The van der Waals surface area contributed by atoms with Crippen molar-refractivity contribution >= 4 is 33.6 Å². The number of carbonyl (C=O) groups is 3. The average molecular weight is 460 g/mol. The fourth-order valence-electron chi connectivity index (χ4n) is 3.28. The lowest BCUT2D eigenvalue weighted by molar-refractivity contribution is -0.123. The first-order valence-corrected chi connectivity index (χ1v) is 11.6. The maximum Gasteiger partial charge on any atom is 0.338 e. The van der Waals surface area contributed by atoms with E-state index in [1.165, 1.54) is 28.6 Å². The number of nitrogens with one attached hydrogen (secondary N) is 2. The van der Waals surface area contributed by atoms with Gasteiger partial charge in [-0.25, -0.2) is 18.0 Å². The van der Waals surface area contributed by atoms with Gasteiger partial charge in [-0.05, 0) is 62.1 Å². The van der Waals surface area contributed by atoms with Crippen molar-refractivity contribution in [1.82, 2.24) is 9.62 Å². The SMILES string of the molecule is Cc1cccc(NC(=O)NC(=O)COC(=O)c2cccc(S(=O)(=O)N3CCCC3)c2)c1C. The van der Waals surface area contributed by atoms with E-state index < -0.39 is 34.5 Å². The van der Waals surface area contributed by atoms with E-state index in [1.807, 2.05) is 19.9 Å². The van der Waals surface area contributed by atoms with Gasteiger partial charge in [0, 0.05) is 18.8 Å². The molecule has 3 rings (SSSR count). The summed E-state index contributed by atoms with van der Waals surface area (Å²) in [5.74, 6) is -1.68. The fourth-order valence-corrected chi connectivity index (χ4v) is 4.84. The number of ether oxygens (including phenoxy) is 1. The highest BCUT2D eigenvalue weighted by Gasteiger charge is 2.27. The van der Waals surface area contributed by atoms with Gasteiger partial charge in [0.1, 0.15) is 0 Å². The van der Waals surface area contributed by atoms with Crippen molar-refractivity contribution in [1.29, 1.82) is 0 Å². The Hall–Kier alpha value is -3.24. The smallest absolute Gasteiger partial charge is 0.338 e. The van der Waals surface area contributed by atoms with Crippen molar-refractivity contribution in [2.45, 2.75) is 31.6 Å². The van der Waals surface area contributed by atoms with Gasteiger partial charge in [0.25, 0.3) is 5.91 Å². The highest BCUT2D eigenvalue weighted by Crippen LogP contribution is 2.22. The van der Waals surface area contributed by atoms with Crippen LogP contribution in [0.15, 0.2) is 47.4 Å². The second kappa shape index (κ2) is 9.92. The van der Waals surface area contributed by atoms with Crippen LogP contribution in [0.5, 0.6) is 0 Å². The molecule has 2 N–H and O–H groups in total. The van der Waals surface area contributed by atoms with E-state index in [0.717, 1.165) is 24.0 Å². The Kier molecular flexibility index (Phi) is 7.26. The molecule has 1 fully saturated rings. The minimum Gasteiger partial charge on any atom is -0.452 e. The van der Waals surface area contributed by atoms with E-state index in [0.29, 0.717) is 18.8 Å². The molecule has 0 atom stereocenters. The first-order valence-electron chi connectivity index (χ1n) is 10.1. The van der Waals surface area contributed by atoms with Crippen LogP contribution < -0.4 is 10.6 Å². The maximum atomic E-state index is 12.7. The van der Waals surface area contributed by atoms with Crippen LogP contribution in [-0.2, 0) is 19.6 Å². The Bertz CT molecular complexity index is 1140. The number of hydrogen-bond acceptors (Lipinski definition) is 6. The minimum absolute atomic E-state index is 0.00194. The van der Waals surface area contributed by atoms with E-state index in [9.17, 15) is 22.8 Å². The topological polar surface area (TPSA) is 122 Å². The second-order valence-electron chi connectivity index (χ2n) is 7.46. The number of imide groups is 1. The number of carbonyl (C=O) groups excluding carboxylic acids is 3. The van der Waals surface area contributed by atoms with Gasteiger partial charge in [-0.1, -0.05) is 18.2 Å². The highest BCUT2D eigenvalue weighted by molar-refractivity contribution is 7.89. The van der Waals surface area contributed by atoms with E-state index in [4.69, 9.17) is 4.74 Å². The van der Waals surface area contributed by atoms with Gasteiger partial charge in [0.2, 0.25) is 10.0 Å². The molecule has 0 saturated carbocycles. The van der Waals surface area contributed by atoms with E-state index in [-0.39, 0.29) is 10.5 Å². The maximum absolute atomic E-state index is 12.7. The Morgan fingerprint density at radius 1 is 1.03 bits per heavy atom. The number of nitrogens with zero attached hydrogens (tertiary/aromatic N) is 1. The minimum atomic E-state index is -3.68. The molecule has 170 valence electrons.